The summed E-state index contributed by atoms with van der Waals surface area (Å²) >= 11 is 0. The number of pyridine rings is 1. The number of nitrogens with zero attached hydrogens (tertiary/aromatic N) is 1. The van der Waals surface area contributed by atoms with Gasteiger partial charge in [-0.1, -0.05) is 6.58 Å². The molecule has 0 saturated carbocycles. The van der Waals surface area contributed by atoms with Gasteiger partial charge in [-0.3, -0.25) is 4.79 Å². The van der Waals surface area contributed by atoms with Crippen molar-refractivity contribution in [3.05, 3.63) is 30.5 Å². The SMILES string of the molecule is C=CC(=O)Nc1cc2c(cn1)OCCC2. The van der Waals surface area contributed by atoms with Crippen LogP contribution in [-0.2, 0) is 11.2 Å². The Morgan fingerprint density at radius 1 is 1.67 bits per heavy atom. The van der Waals surface area contributed by atoms with E-state index in [2.05, 4.69) is 16.9 Å². The molecule has 1 aliphatic heterocycles. The summed E-state index contributed by atoms with van der Waals surface area (Å²) in [5.41, 5.74) is 1.09. The van der Waals surface area contributed by atoms with Gasteiger partial charge < -0.3 is 10.1 Å². The summed E-state index contributed by atoms with van der Waals surface area (Å²) in [7, 11) is 0. The van der Waals surface area contributed by atoms with Gasteiger partial charge >= 0.3 is 0 Å². The Morgan fingerprint density at radius 3 is 3.33 bits per heavy atom. The van der Waals surface area contributed by atoms with Crippen molar-refractivity contribution in [3.63, 3.8) is 0 Å². The largest absolute Gasteiger partial charge is 0.492 e. The lowest BCUT2D eigenvalue weighted by molar-refractivity contribution is -0.111. The van der Waals surface area contributed by atoms with E-state index >= 15 is 0 Å². The Hall–Kier alpha value is -1.84. The van der Waals surface area contributed by atoms with E-state index in [1.165, 1.54) is 6.08 Å². The predicted octanol–water partition coefficient (Wildman–Crippen LogP) is 1.53. The first-order valence-electron chi connectivity index (χ1n) is 4.85. The zero-order valence-corrected chi connectivity index (χ0v) is 8.32. The minimum absolute atomic E-state index is 0.251. The number of fused-ring (bicyclic) bond motifs is 1. The minimum Gasteiger partial charge on any atom is -0.492 e. The van der Waals surface area contributed by atoms with Gasteiger partial charge in [0.05, 0.1) is 12.8 Å². The number of nitrogens with one attached hydrogen (secondary N) is 1. The molecule has 0 fully saturated rings. The normalized spacial score (nSPS) is 13.6. The zero-order valence-electron chi connectivity index (χ0n) is 8.32. The number of aryl methyl sites for hydroxylation is 1. The summed E-state index contributed by atoms with van der Waals surface area (Å²) in [6.45, 7) is 4.12. The molecule has 1 aromatic rings. The van der Waals surface area contributed by atoms with Gasteiger partial charge in [-0.2, -0.15) is 0 Å². The first-order chi connectivity index (χ1) is 7.29. The van der Waals surface area contributed by atoms with Gasteiger partial charge in [-0.25, -0.2) is 4.98 Å². The van der Waals surface area contributed by atoms with Crippen LogP contribution in [-0.4, -0.2) is 17.5 Å². The first kappa shape index (κ1) is 9.71. The van der Waals surface area contributed by atoms with Crippen molar-refractivity contribution < 1.29 is 9.53 Å². The molecule has 0 aromatic carbocycles. The Morgan fingerprint density at radius 2 is 2.53 bits per heavy atom. The molecule has 0 atom stereocenters. The van der Waals surface area contributed by atoms with Crippen LogP contribution >= 0.6 is 0 Å². The lowest BCUT2D eigenvalue weighted by Crippen LogP contribution is -2.12. The van der Waals surface area contributed by atoms with Crippen LogP contribution in [0.3, 0.4) is 0 Å². The molecule has 0 radical (unpaired) electrons. The minimum atomic E-state index is -0.251. The average Bonchev–Trinajstić information content (AvgIpc) is 2.29. The molecule has 15 heavy (non-hydrogen) atoms. The summed E-state index contributed by atoms with van der Waals surface area (Å²) in [6, 6.07) is 1.84. The van der Waals surface area contributed by atoms with Gasteiger partial charge in [0.25, 0.3) is 0 Å². The fourth-order valence-electron chi connectivity index (χ4n) is 1.50. The Balaban J connectivity index is 2.20. The van der Waals surface area contributed by atoms with E-state index in [1.807, 2.05) is 6.07 Å². The second-order valence-corrected chi connectivity index (χ2v) is 3.32. The molecule has 2 rings (SSSR count). The fraction of sp³-hybridized carbons (Fsp3) is 0.273. The number of hydrogen-bond acceptors (Lipinski definition) is 3. The van der Waals surface area contributed by atoms with Gasteiger partial charge in [0.1, 0.15) is 11.6 Å². The highest BCUT2D eigenvalue weighted by Gasteiger charge is 2.11. The van der Waals surface area contributed by atoms with Crippen LogP contribution in [0.2, 0.25) is 0 Å². The molecule has 0 spiro atoms. The molecule has 1 aromatic heterocycles. The molecule has 0 unspecified atom stereocenters. The van der Waals surface area contributed by atoms with Crippen LogP contribution < -0.4 is 10.1 Å². The monoisotopic (exact) mass is 204 g/mol. The van der Waals surface area contributed by atoms with Crippen molar-refractivity contribution in [1.29, 1.82) is 0 Å². The maximum atomic E-state index is 11.0. The second kappa shape index (κ2) is 4.13. The number of aromatic nitrogens is 1. The molecule has 0 bridgehead atoms. The summed E-state index contributed by atoms with van der Waals surface area (Å²) in [5, 5.41) is 2.62. The first-order valence-corrected chi connectivity index (χ1v) is 4.85. The summed E-state index contributed by atoms with van der Waals surface area (Å²) in [4.78, 5) is 15.1. The van der Waals surface area contributed by atoms with E-state index in [0.717, 1.165) is 30.8 Å². The van der Waals surface area contributed by atoms with Gasteiger partial charge in [0.15, 0.2) is 0 Å². The molecule has 2 heterocycles. The van der Waals surface area contributed by atoms with E-state index in [4.69, 9.17) is 4.74 Å². The molecule has 0 aliphatic carbocycles. The molecule has 1 N–H and O–H groups in total. The van der Waals surface area contributed by atoms with Crippen molar-refractivity contribution in [3.8, 4) is 5.75 Å². The van der Waals surface area contributed by atoms with Crippen molar-refractivity contribution in [1.82, 2.24) is 4.98 Å². The quantitative estimate of drug-likeness (QED) is 0.743. The highest BCUT2D eigenvalue weighted by Crippen LogP contribution is 2.25. The fourth-order valence-corrected chi connectivity index (χ4v) is 1.50. The molecule has 1 aliphatic rings. The number of carbonyl (C=O) groups excluding carboxylic acids is 1. The number of hydrogen-bond donors (Lipinski definition) is 1. The van der Waals surface area contributed by atoms with E-state index in [9.17, 15) is 4.79 Å². The summed E-state index contributed by atoms with van der Waals surface area (Å²) in [5.74, 6) is 1.11. The number of rotatable bonds is 2. The molecular formula is C11H12N2O2. The van der Waals surface area contributed by atoms with E-state index in [-0.39, 0.29) is 5.91 Å². The Bertz CT molecular complexity index is 402. The number of amides is 1. The summed E-state index contributed by atoms with van der Waals surface area (Å²) in [6.07, 6.45) is 4.84. The van der Waals surface area contributed by atoms with E-state index < -0.39 is 0 Å². The van der Waals surface area contributed by atoms with Crippen molar-refractivity contribution in [2.75, 3.05) is 11.9 Å². The van der Waals surface area contributed by atoms with Gasteiger partial charge in [0.2, 0.25) is 5.91 Å². The van der Waals surface area contributed by atoms with Crippen LogP contribution in [0.4, 0.5) is 5.82 Å². The highest BCUT2D eigenvalue weighted by atomic mass is 16.5. The summed E-state index contributed by atoms with van der Waals surface area (Å²) < 4.78 is 5.41. The Kier molecular flexibility index (Phi) is 2.67. The van der Waals surface area contributed by atoms with Crippen LogP contribution in [0, 0.1) is 0 Å². The maximum Gasteiger partial charge on any atom is 0.248 e. The van der Waals surface area contributed by atoms with Crippen molar-refractivity contribution >= 4 is 11.7 Å². The third-order valence-corrected chi connectivity index (χ3v) is 2.23. The highest BCUT2D eigenvalue weighted by molar-refractivity contribution is 5.98. The topological polar surface area (TPSA) is 51.2 Å². The van der Waals surface area contributed by atoms with E-state index in [0.29, 0.717) is 5.82 Å². The third-order valence-electron chi connectivity index (χ3n) is 2.23. The Labute approximate surface area is 88.0 Å². The smallest absolute Gasteiger partial charge is 0.248 e. The molecule has 0 saturated heterocycles. The van der Waals surface area contributed by atoms with Crippen LogP contribution in [0.15, 0.2) is 24.9 Å². The average molecular weight is 204 g/mol. The molecule has 4 heteroatoms. The van der Waals surface area contributed by atoms with Crippen LogP contribution in [0.5, 0.6) is 5.75 Å². The molecular weight excluding hydrogens is 192 g/mol. The van der Waals surface area contributed by atoms with Crippen molar-refractivity contribution in [2.45, 2.75) is 12.8 Å². The van der Waals surface area contributed by atoms with Gasteiger partial charge in [-0.15, -0.1) is 0 Å². The molecule has 78 valence electrons. The molecule has 1 amide bonds. The van der Waals surface area contributed by atoms with Crippen LogP contribution in [0.25, 0.3) is 0 Å². The number of carbonyl (C=O) groups is 1. The molecule has 4 nitrogen and oxygen atoms in total. The maximum absolute atomic E-state index is 11.0. The van der Waals surface area contributed by atoms with Gasteiger partial charge in [0, 0.05) is 0 Å². The zero-order chi connectivity index (χ0) is 10.7. The van der Waals surface area contributed by atoms with Crippen molar-refractivity contribution in [2.24, 2.45) is 0 Å². The van der Waals surface area contributed by atoms with Gasteiger partial charge in [-0.05, 0) is 30.5 Å². The third kappa shape index (κ3) is 2.15. The number of ether oxygens (including phenoxy) is 1. The standard InChI is InChI=1S/C11H12N2O2/c1-2-11(14)13-10-6-8-4-3-5-15-9(8)7-12-10/h2,6-7H,1,3-5H2,(H,12,13,14). The lowest BCUT2D eigenvalue weighted by atomic mass is 10.1. The number of anilines is 1. The predicted molar refractivity (Wildman–Crippen MR) is 56.9 cm³/mol. The van der Waals surface area contributed by atoms with E-state index in [1.54, 1.807) is 6.20 Å². The van der Waals surface area contributed by atoms with Crippen LogP contribution in [0.1, 0.15) is 12.0 Å². The second-order valence-electron chi connectivity index (χ2n) is 3.32. The lowest BCUT2D eigenvalue weighted by Gasteiger charge is -2.17.